The SMILES string of the molecule is O=C(Nc1ccccc1I)C1CCCN1c1nccs1. The number of carbonyl (C=O) groups excluding carboxylic acids is 1. The van der Waals surface area contributed by atoms with Gasteiger partial charge in [-0.15, -0.1) is 11.3 Å². The summed E-state index contributed by atoms with van der Waals surface area (Å²) in [5.74, 6) is 0.0572. The number of hydrogen-bond acceptors (Lipinski definition) is 4. The van der Waals surface area contributed by atoms with Gasteiger partial charge in [0.2, 0.25) is 5.91 Å². The number of hydrogen-bond donors (Lipinski definition) is 1. The predicted molar refractivity (Wildman–Crippen MR) is 90.3 cm³/mol. The summed E-state index contributed by atoms with van der Waals surface area (Å²) in [5, 5.41) is 5.92. The van der Waals surface area contributed by atoms with Crippen molar-refractivity contribution >= 4 is 50.7 Å². The van der Waals surface area contributed by atoms with E-state index in [1.165, 1.54) is 0 Å². The van der Waals surface area contributed by atoms with Gasteiger partial charge in [-0.3, -0.25) is 4.79 Å². The number of nitrogens with zero attached hydrogens (tertiary/aromatic N) is 2. The number of rotatable bonds is 3. The van der Waals surface area contributed by atoms with Gasteiger partial charge in [-0.25, -0.2) is 4.98 Å². The lowest BCUT2D eigenvalue weighted by atomic mass is 10.2. The van der Waals surface area contributed by atoms with E-state index in [1.807, 2.05) is 29.6 Å². The van der Waals surface area contributed by atoms with Crippen molar-refractivity contribution in [2.45, 2.75) is 18.9 Å². The van der Waals surface area contributed by atoms with Crippen LogP contribution in [0.5, 0.6) is 0 Å². The number of anilines is 2. The Labute approximate surface area is 135 Å². The molecule has 3 rings (SSSR count). The second-order valence-electron chi connectivity index (χ2n) is 4.64. The van der Waals surface area contributed by atoms with Gasteiger partial charge in [0.15, 0.2) is 5.13 Å². The van der Waals surface area contributed by atoms with Crippen molar-refractivity contribution < 1.29 is 4.79 Å². The van der Waals surface area contributed by atoms with E-state index in [4.69, 9.17) is 0 Å². The molecule has 1 saturated heterocycles. The molecule has 20 heavy (non-hydrogen) atoms. The largest absolute Gasteiger partial charge is 0.336 e. The Kier molecular flexibility index (Phi) is 4.21. The van der Waals surface area contributed by atoms with Crippen LogP contribution in [-0.2, 0) is 4.79 Å². The molecular weight excluding hydrogens is 385 g/mol. The highest BCUT2D eigenvalue weighted by Gasteiger charge is 2.32. The number of nitrogens with one attached hydrogen (secondary N) is 1. The van der Waals surface area contributed by atoms with E-state index in [1.54, 1.807) is 17.5 Å². The van der Waals surface area contributed by atoms with Gasteiger partial charge in [-0.05, 0) is 47.6 Å². The zero-order chi connectivity index (χ0) is 13.9. The highest BCUT2D eigenvalue weighted by molar-refractivity contribution is 14.1. The Morgan fingerprint density at radius 1 is 1.45 bits per heavy atom. The molecule has 2 heterocycles. The molecule has 4 nitrogen and oxygen atoms in total. The van der Waals surface area contributed by atoms with Crippen LogP contribution in [0, 0.1) is 3.57 Å². The van der Waals surface area contributed by atoms with Crippen molar-refractivity contribution in [1.82, 2.24) is 4.98 Å². The summed E-state index contributed by atoms with van der Waals surface area (Å²) in [5.41, 5.74) is 0.879. The Balaban J connectivity index is 1.75. The Morgan fingerprint density at radius 2 is 2.30 bits per heavy atom. The molecule has 0 bridgehead atoms. The minimum absolute atomic E-state index is 0.0572. The van der Waals surface area contributed by atoms with Crippen LogP contribution in [-0.4, -0.2) is 23.5 Å². The van der Waals surface area contributed by atoms with Crippen LogP contribution in [0.1, 0.15) is 12.8 Å². The molecule has 104 valence electrons. The molecular formula is C14H14IN3OS. The Hall–Kier alpha value is -1.15. The minimum atomic E-state index is -0.114. The normalized spacial score (nSPS) is 18.2. The first kappa shape index (κ1) is 13.8. The second-order valence-corrected chi connectivity index (χ2v) is 6.67. The summed E-state index contributed by atoms with van der Waals surface area (Å²) in [7, 11) is 0. The summed E-state index contributed by atoms with van der Waals surface area (Å²) in [6.07, 6.45) is 3.70. The fourth-order valence-corrected chi connectivity index (χ4v) is 3.65. The zero-order valence-corrected chi connectivity index (χ0v) is 13.7. The van der Waals surface area contributed by atoms with Crippen LogP contribution in [0.4, 0.5) is 10.8 Å². The van der Waals surface area contributed by atoms with E-state index >= 15 is 0 Å². The van der Waals surface area contributed by atoms with Crippen LogP contribution < -0.4 is 10.2 Å². The van der Waals surface area contributed by atoms with Crippen LogP contribution in [0.2, 0.25) is 0 Å². The fraction of sp³-hybridized carbons (Fsp3) is 0.286. The lowest BCUT2D eigenvalue weighted by Gasteiger charge is -2.23. The molecule has 1 aromatic heterocycles. The van der Waals surface area contributed by atoms with Crippen LogP contribution in [0.3, 0.4) is 0 Å². The van der Waals surface area contributed by atoms with Crippen molar-refractivity contribution in [3.63, 3.8) is 0 Å². The third kappa shape index (κ3) is 2.80. The molecule has 6 heteroatoms. The number of amides is 1. The number of thiazole rings is 1. The average molecular weight is 399 g/mol. The third-order valence-electron chi connectivity index (χ3n) is 3.35. The van der Waals surface area contributed by atoms with E-state index in [9.17, 15) is 4.79 Å². The van der Waals surface area contributed by atoms with Gasteiger partial charge in [-0.1, -0.05) is 12.1 Å². The molecule has 0 spiro atoms. The van der Waals surface area contributed by atoms with Crippen molar-refractivity contribution in [3.8, 4) is 0 Å². The first-order valence-electron chi connectivity index (χ1n) is 6.47. The number of benzene rings is 1. The summed E-state index contributed by atoms with van der Waals surface area (Å²) >= 11 is 3.82. The van der Waals surface area contributed by atoms with Crippen LogP contribution in [0.15, 0.2) is 35.8 Å². The maximum absolute atomic E-state index is 12.5. The number of para-hydroxylation sites is 1. The van der Waals surface area contributed by atoms with Crippen molar-refractivity contribution in [1.29, 1.82) is 0 Å². The van der Waals surface area contributed by atoms with Crippen molar-refractivity contribution in [3.05, 3.63) is 39.4 Å². The third-order valence-corrected chi connectivity index (χ3v) is 5.10. The van der Waals surface area contributed by atoms with Crippen LogP contribution in [0.25, 0.3) is 0 Å². The molecule has 1 aromatic carbocycles. The Morgan fingerprint density at radius 3 is 3.05 bits per heavy atom. The van der Waals surface area contributed by atoms with E-state index in [-0.39, 0.29) is 11.9 Å². The first-order valence-corrected chi connectivity index (χ1v) is 8.43. The average Bonchev–Trinajstić information content (AvgIpc) is 3.11. The summed E-state index contributed by atoms with van der Waals surface area (Å²) in [4.78, 5) is 18.9. The molecule has 0 saturated carbocycles. The molecule has 1 N–H and O–H groups in total. The smallest absolute Gasteiger partial charge is 0.247 e. The molecule has 0 radical (unpaired) electrons. The summed E-state index contributed by atoms with van der Waals surface area (Å²) in [6, 6.07) is 7.71. The molecule has 1 aliphatic heterocycles. The van der Waals surface area contributed by atoms with Gasteiger partial charge in [-0.2, -0.15) is 0 Å². The summed E-state index contributed by atoms with van der Waals surface area (Å²) in [6.45, 7) is 0.900. The highest BCUT2D eigenvalue weighted by Crippen LogP contribution is 2.28. The number of aromatic nitrogens is 1. The molecule has 2 aromatic rings. The number of carbonyl (C=O) groups is 1. The first-order chi connectivity index (χ1) is 9.75. The minimum Gasteiger partial charge on any atom is -0.336 e. The van der Waals surface area contributed by atoms with Gasteiger partial charge in [0.05, 0.1) is 5.69 Å². The standard InChI is InChI=1S/C14H14IN3OS/c15-10-4-1-2-5-11(10)17-13(19)12-6-3-8-18(12)14-16-7-9-20-14/h1-2,4-5,7,9,12H,3,6,8H2,(H,17,19). The van der Waals surface area contributed by atoms with Gasteiger partial charge in [0, 0.05) is 21.7 Å². The predicted octanol–water partition coefficient (Wildman–Crippen LogP) is 3.36. The monoisotopic (exact) mass is 399 g/mol. The molecule has 1 unspecified atom stereocenters. The molecule has 1 fully saturated rings. The second kappa shape index (κ2) is 6.09. The van der Waals surface area contributed by atoms with Crippen molar-refractivity contribution in [2.75, 3.05) is 16.8 Å². The molecule has 1 atom stereocenters. The molecule has 0 aliphatic carbocycles. The topological polar surface area (TPSA) is 45.2 Å². The van der Waals surface area contributed by atoms with Gasteiger partial charge < -0.3 is 10.2 Å². The van der Waals surface area contributed by atoms with E-state index in [0.717, 1.165) is 33.8 Å². The molecule has 1 aliphatic rings. The lowest BCUT2D eigenvalue weighted by molar-refractivity contribution is -0.117. The fourth-order valence-electron chi connectivity index (χ4n) is 2.40. The van der Waals surface area contributed by atoms with Gasteiger partial charge >= 0.3 is 0 Å². The zero-order valence-electron chi connectivity index (χ0n) is 10.8. The maximum Gasteiger partial charge on any atom is 0.247 e. The quantitative estimate of drug-likeness (QED) is 0.806. The van der Waals surface area contributed by atoms with E-state index in [2.05, 4.69) is 37.8 Å². The van der Waals surface area contributed by atoms with Gasteiger partial charge in [0.25, 0.3) is 0 Å². The molecule has 1 amide bonds. The Bertz CT molecular complexity index is 602. The van der Waals surface area contributed by atoms with E-state index in [0.29, 0.717) is 0 Å². The van der Waals surface area contributed by atoms with Crippen molar-refractivity contribution in [2.24, 2.45) is 0 Å². The maximum atomic E-state index is 12.5. The van der Waals surface area contributed by atoms with E-state index < -0.39 is 0 Å². The lowest BCUT2D eigenvalue weighted by Crippen LogP contribution is -2.39. The summed E-state index contributed by atoms with van der Waals surface area (Å²) < 4.78 is 1.05. The van der Waals surface area contributed by atoms with Crippen LogP contribution >= 0.6 is 33.9 Å². The van der Waals surface area contributed by atoms with Gasteiger partial charge in [0.1, 0.15) is 6.04 Å². The highest BCUT2D eigenvalue weighted by atomic mass is 127. The number of halogens is 1.